The molecule has 148 valence electrons. The van der Waals surface area contributed by atoms with Gasteiger partial charge in [-0.15, -0.1) is 10.2 Å². The summed E-state index contributed by atoms with van der Waals surface area (Å²) in [5.74, 6) is 1.53. The Morgan fingerprint density at radius 3 is 2.66 bits per heavy atom. The third-order valence-electron chi connectivity index (χ3n) is 4.50. The van der Waals surface area contributed by atoms with Gasteiger partial charge in [-0.3, -0.25) is 4.79 Å². The van der Waals surface area contributed by atoms with Gasteiger partial charge in [0.15, 0.2) is 5.82 Å². The lowest BCUT2D eigenvalue weighted by Crippen LogP contribution is -2.14. The maximum atomic E-state index is 12.9. The minimum atomic E-state index is -0.282. The molecule has 2 aromatic heterocycles. The van der Waals surface area contributed by atoms with Gasteiger partial charge in [-0.1, -0.05) is 23.5 Å². The zero-order valence-corrected chi connectivity index (χ0v) is 17.2. The van der Waals surface area contributed by atoms with Crippen molar-refractivity contribution in [1.82, 2.24) is 19.8 Å². The van der Waals surface area contributed by atoms with Gasteiger partial charge >= 0.3 is 0 Å². The molecule has 1 N–H and O–H groups in total. The van der Waals surface area contributed by atoms with Crippen LogP contribution in [0.5, 0.6) is 11.5 Å². The van der Waals surface area contributed by atoms with E-state index in [4.69, 9.17) is 9.47 Å². The van der Waals surface area contributed by atoms with Crippen LogP contribution in [0.25, 0.3) is 15.5 Å². The van der Waals surface area contributed by atoms with Gasteiger partial charge in [0.1, 0.15) is 16.5 Å². The van der Waals surface area contributed by atoms with E-state index in [0.29, 0.717) is 27.7 Å². The summed E-state index contributed by atoms with van der Waals surface area (Å²) in [5, 5.41) is 16.3. The van der Waals surface area contributed by atoms with Crippen molar-refractivity contribution in [2.75, 3.05) is 19.5 Å². The molecule has 0 spiro atoms. The summed E-state index contributed by atoms with van der Waals surface area (Å²) in [4.78, 5) is 13.6. The van der Waals surface area contributed by atoms with Crippen LogP contribution in [0, 0.1) is 13.8 Å². The number of para-hydroxylation sites is 1. The SMILES string of the molecule is COc1ccc(-c2nn3c(C)nnc3s2)cc1NC(=O)c1cccc(C)c1OC. The van der Waals surface area contributed by atoms with E-state index in [-0.39, 0.29) is 5.91 Å². The number of nitrogens with zero attached hydrogens (tertiary/aromatic N) is 4. The molecule has 0 bridgehead atoms. The topological polar surface area (TPSA) is 90.6 Å². The molecule has 0 saturated heterocycles. The Morgan fingerprint density at radius 2 is 1.93 bits per heavy atom. The fraction of sp³-hybridized carbons (Fsp3) is 0.200. The van der Waals surface area contributed by atoms with E-state index in [9.17, 15) is 4.79 Å². The second-order valence-electron chi connectivity index (χ2n) is 6.37. The highest BCUT2D eigenvalue weighted by Gasteiger charge is 2.18. The van der Waals surface area contributed by atoms with Gasteiger partial charge in [0, 0.05) is 5.56 Å². The monoisotopic (exact) mass is 409 g/mol. The van der Waals surface area contributed by atoms with Gasteiger partial charge < -0.3 is 14.8 Å². The molecule has 0 saturated carbocycles. The summed E-state index contributed by atoms with van der Waals surface area (Å²) in [7, 11) is 3.11. The zero-order chi connectivity index (χ0) is 20.5. The Labute approximate surface area is 171 Å². The van der Waals surface area contributed by atoms with Crippen molar-refractivity contribution in [1.29, 1.82) is 0 Å². The highest BCUT2D eigenvalue weighted by molar-refractivity contribution is 7.19. The van der Waals surface area contributed by atoms with Gasteiger partial charge in [0.05, 0.1) is 25.5 Å². The van der Waals surface area contributed by atoms with Crippen molar-refractivity contribution in [3.8, 4) is 22.1 Å². The van der Waals surface area contributed by atoms with Crippen LogP contribution >= 0.6 is 11.3 Å². The standard InChI is InChI=1S/C20H19N5O3S/c1-11-6-5-7-14(17(11)28-4)18(26)21-15-10-13(8-9-16(15)27-3)19-24-25-12(2)22-23-20(25)29-19/h5-10H,1-4H3,(H,21,26). The van der Waals surface area contributed by atoms with E-state index >= 15 is 0 Å². The fourth-order valence-corrected chi connectivity index (χ4v) is 3.94. The van der Waals surface area contributed by atoms with E-state index in [2.05, 4.69) is 20.6 Å². The first-order valence-corrected chi connectivity index (χ1v) is 9.65. The lowest BCUT2D eigenvalue weighted by atomic mass is 10.1. The number of carbonyl (C=O) groups is 1. The number of nitrogens with one attached hydrogen (secondary N) is 1. The number of ether oxygens (including phenoxy) is 2. The number of aryl methyl sites for hydroxylation is 2. The number of hydrogen-bond donors (Lipinski definition) is 1. The van der Waals surface area contributed by atoms with Crippen molar-refractivity contribution in [3.05, 3.63) is 53.3 Å². The molecule has 0 radical (unpaired) electrons. The maximum absolute atomic E-state index is 12.9. The molecular formula is C20H19N5O3S. The fourth-order valence-electron chi connectivity index (χ4n) is 3.06. The lowest BCUT2D eigenvalue weighted by molar-refractivity contribution is 0.102. The normalized spacial score (nSPS) is 10.9. The minimum absolute atomic E-state index is 0.282. The predicted octanol–water partition coefficient (Wildman–Crippen LogP) is 3.74. The summed E-state index contributed by atoms with van der Waals surface area (Å²) in [6.07, 6.45) is 0. The molecule has 0 aliphatic heterocycles. The van der Waals surface area contributed by atoms with E-state index in [1.165, 1.54) is 11.3 Å². The average Bonchev–Trinajstić information content (AvgIpc) is 3.30. The van der Waals surface area contributed by atoms with Gasteiger partial charge in [-0.25, -0.2) is 0 Å². The summed E-state index contributed by atoms with van der Waals surface area (Å²) in [5.41, 5.74) is 2.72. The molecule has 0 fully saturated rings. The van der Waals surface area contributed by atoms with Crippen LogP contribution in [0.1, 0.15) is 21.7 Å². The van der Waals surface area contributed by atoms with Crippen molar-refractivity contribution in [2.45, 2.75) is 13.8 Å². The average molecular weight is 409 g/mol. The highest BCUT2D eigenvalue weighted by Crippen LogP contribution is 2.33. The maximum Gasteiger partial charge on any atom is 0.259 e. The number of methoxy groups -OCH3 is 2. The van der Waals surface area contributed by atoms with E-state index in [1.807, 2.05) is 38.1 Å². The van der Waals surface area contributed by atoms with Crippen molar-refractivity contribution in [2.24, 2.45) is 0 Å². The molecule has 0 unspecified atom stereocenters. The molecule has 0 atom stereocenters. The molecule has 0 aliphatic carbocycles. The zero-order valence-electron chi connectivity index (χ0n) is 16.4. The Kier molecular flexibility index (Phi) is 4.89. The minimum Gasteiger partial charge on any atom is -0.496 e. The van der Waals surface area contributed by atoms with E-state index in [0.717, 1.165) is 22.0 Å². The molecular weight excluding hydrogens is 390 g/mol. The second-order valence-corrected chi connectivity index (χ2v) is 7.33. The third-order valence-corrected chi connectivity index (χ3v) is 5.45. The van der Waals surface area contributed by atoms with Crippen molar-refractivity contribution < 1.29 is 14.3 Å². The van der Waals surface area contributed by atoms with Gasteiger partial charge in [-0.2, -0.15) is 9.61 Å². The predicted molar refractivity (Wildman–Crippen MR) is 111 cm³/mol. The van der Waals surface area contributed by atoms with Crippen LogP contribution in [-0.4, -0.2) is 39.9 Å². The summed E-state index contributed by atoms with van der Waals surface area (Å²) in [6.45, 7) is 3.74. The van der Waals surface area contributed by atoms with Crippen LogP contribution in [-0.2, 0) is 0 Å². The Hall–Kier alpha value is -3.46. The van der Waals surface area contributed by atoms with Crippen LogP contribution in [0.4, 0.5) is 5.69 Å². The number of anilines is 1. The summed E-state index contributed by atoms with van der Waals surface area (Å²) in [6, 6.07) is 11.0. The number of benzene rings is 2. The lowest BCUT2D eigenvalue weighted by Gasteiger charge is -2.14. The molecule has 4 aromatic rings. The number of amides is 1. The van der Waals surface area contributed by atoms with Crippen molar-refractivity contribution in [3.63, 3.8) is 0 Å². The van der Waals surface area contributed by atoms with Crippen LogP contribution in [0.3, 0.4) is 0 Å². The number of aromatic nitrogens is 4. The quantitative estimate of drug-likeness (QED) is 0.540. The molecule has 9 heteroatoms. The van der Waals surface area contributed by atoms with E-state index in [1.54, 1.807) is 30.9 Å². The smallest absolute Gasteiger partial charge is 0.259 e. The number of carbonyl (C=O) groups excluding carboxylic acids is 1. The first-order chi connectivity index (χ1) is 14.0. The molecule has 29 heavy (non-hydrogen) atoms. The highest BCUT2D eigenvalue weighted by atomic mass is 32.1. The molecule has 4 rings (SSSR count). The Bertz CT molecular complexity index is 1210. The molecule has 2 heterocycles. The molecule has 0 aliphatic rings. The molecule has 1 amide bonds. The second kappa shape index (κ2) is 7.51. The summed E-state index contributed by atoms with van der Waals surface area (Å²) < 4.78 is 12.5. The summed E-state index contributed by atoms with van der Waals surface area (Å²) >= 11 is 1.42. The number of rotatable bonds is 5. The van der Waals surface area contributed by atoms with Crippen LogP contribution < -0.4 is 14.8 Å². The number of fused-ring (bicyclic) bond motifs is 1. The van der Waals surface area contributed by atoms with Gasteiger partial charge in [0.2, 0.25) is 4.96 Å². The third kappa shape index (κ3) is 3.40. The molecule has 2 aromatic carbocycles. The van der Waals surface area contributed by atoms with Crippen LogP contribution in [0.15, 0.2) is 36.4 Å². The Morgan fingerprint density at radius 1 is 1.10 bits per heavy atom. The van der Waals surface area contributed by atoms with Crippen LogP contribution in [0.2, 0.25) is 0 Å². The van der Waals surface area contributed by atoms with E-state index < -0.39 is 0 Å². The van der Waals surface area contributed by atoms with Gasteiger partial charge in [-0.05, 0) is 43.7 Å². The van der Waals surface area contributed by atoms with Gasteiger partial charge in [0.25, 0.3) is 5.91 Å². The first-order valence-electron chi connectivity index (χ1n) is 8.84. The van der Waals surface area contributed by atoms with Crippen molar-refractivity contribution >= 4 is 27.9 Å². The Balaban J connectivity index is 1.70. The molecule has 8 nitrogen and oxygen atoms in total. The number of hydrogen-bond acceptors (Lipinski definition) is 7. The largest absolute Gasteiger partial charge is 0.496 e. The first kappa shape index (κ1) is 18.9.